The topological polar surface area (TPSA) is 38.1 Å². The minimum Gasteiger partial charge on any atom is -0.379 e. The Kier molecular flexibility index (Phi) is 2.65. The summed E-state index contributed by atoms with van der Waals surface area (Å²) >= 11 is 0. The first-order valence-corrected chi connectivity index (χ1v) is 5.56. The normalized spacial score (nSPS) is 30.7. The summed E-state index contributed by atoms with van der Waals surface area (Å²) < 4.78 is 1.75. The molecule has 82 valence electrons. The van der Waals surface area contributed by atoms with E-state index in [-0.39, 0.29) is 0 Å². The second-order valence-corrected chi connectivity index (χ2v) is 4.33. The number of hydrogen-bond acceptors (Lipinski definition) is 2. The molecule has 2 atom stereocenters. The monoisotopic (exact) mass is 206 g/mol. The van der Waals surface area contributed by atoms with E-state index in [0.29, 0.717) is 5.92 Å². The second kappa shape index (κ2) is 3.81. The molecular weight excluding hydrogens is 188 g/mol. The van der Waals surface area contributed by atoms with Gasteiger partial charge in [-0.05, 0) is 31.2 Å². The van der Waals surface area contributed by atoms with Crippen LogP contribution in [-0.2, 0) is 12.6 Å². The quantitative estimate of drug-likeness (QED) is 0.751. The molecular formula is C12H18N2O. The van der Waals surface area contributed by atoms with Gasteiger partial charge in [-0.3, -0.25) is 4.68 Å². The summed E-state index contributed by atoms with van der Waals surface area (Å²) in [5.74, 6) is 0.624. The van der Waals surface area contributed by atoms with Crippen LogP contribution in [0.2, 0.25) is 0 Å². The zero-order valence-corrected chi connectivity index (χ0v) is 9.35. The third kappa shape index (κ3) is 1.84. The maximum Gasteiger partial charge on any atom is 0.124 e. The van der Waals surface area contributed by atoms with Crippen LogP contribution in [0, 0.1) is 5.92 Å². The molecule has 1 aromatic rings. The van der Waals surface area contributed by atoms with E-state index in [9.17, 15) is 5.11 Å². The molecule has 2 unspecified atom stereocenters. The molecule has 15 heavy (non-hydrogen) atoms. The van der Waals surface area contributed by atoms with Crippen LogP contribution in [-0.4, -0.2) is 14.9 Å². The Balaban J connectivity index is 2.26. The van der Waals surface area contributed by atoms with Crippen LogP contribution in [0.25, 0.3) is 0 Å². The first-order valence-electron chi connectivity index (χ1n) is 5.56. The number of aliphatic hydroxyl groups is 1. The van der Waals surface area contributed by atoms with Crippen molar-refractivity contribution in [3.05, 3.63) is 30.1 Å². The average Bonchev–Trinajstić information content (AvgIpc) is 2.66. The Labute approximate surface area is 90.4 Å². The lowest BCUT2D eigenvalue weighted by Crippen LogP contribution is -2.29. The van der Waals surface area contributed by atoms with Crippen LogP contribution in [0.15, 0.2) is 24.4 Å². The van der Waals surface area contributed by atoms with E-state index >= 15 is 0 Å². The minimum atomic E-state index is -0.809. The molecule has 3 nitrogen and oxygen atoms in total. The predicted molar refractivity (Wildman–Crippen MR) is 59.3 cm³/mol. The van der Waals surface area contributed by atoms with Gasteiger partial charge in [0.2, 0.25) is 0 Å². The van der Waals surface area contributed by atoms with Gasteiger partial charge in [0.1, 0.15) is 5.60 Å². The van der Waals surface area contributed by atoms with Crippen molar-refractivity contribution in [2.75, 3.05) is 0 Å². The number of aromatic nitrogens is 2. The predicted octanol–water partition coefficient (Wildman–Crippen LogP) is 1.98. The third-order valence-corrected chi connectivity index (χ3v) is 3.33. The molecule has 2 rings (SSSR count). The van der Waals surface area contributed by atoms with Gasteiger partial charge < -0.3 is 5.11 Å². The van der Waals surface area contributed by atoms with Crippen LogP contribution in [0.4, 0.5) is 0 Å². The Hall–Kier alpha value is -1.09. The van der Waals surface area contributed by atoms with E-state index in [1.54, 1.807) is 10.9 Å². The first-order chi connectivity index (χ1) is 7.15. The Morgan fingerprint density at radius 3 is 2.93 bits per heavy atom. The molecule has 1 aliphatic rings. The van der Waals surface area contributed by atoms with Gasteiger partial charge in [0.15, 0.2) is 0 Å². The Morgan fingerprint density at radius 2 is 2.47 bits per heavy atom. The molecule has 1 heterocycles. The van der Waals surface area contributed by atoms with Gasteiger partial charge in [-0.1, -0.05) is 19.1 Å². The zero-order valence-electron chi connectivity index (χ0n) is 9.35. The van der Waals surface area contributed by atoms with E-state index in [0.717, 1.165) is 25.0 Å². The molecule has 0 aromatic carbocycles. The SMILES string of the molecule is CCC1C=CC(O)(c2ccnn2C)CC1. The van der Waals surface area contributed by atoms with Gasteiger partial charge in [0, 0.05) is 13.2 Å². The molecule has 0 spiro atoms. The molecule has 0 radical (unpaired) electrons. The van der Waals surface area contributed by atoms with Gasteiger partial charge in [-0.15, -0.1) is 0 Å². The number of nitrogens with zero attached hydrogens (tertiary/aromatic N) is 2. The molecule has 0 amide bonds. The molecule has 0 saturated heterocycles. The van der Waals surface area contributed by atoms with Crippen molar-refractivity contribution < 1.29 is 5.11 Å². The lowest BCUT2D eigenvalue weighted by Gasteiger charge is -2.30. The van der Waals surface area contributed by atoms with Crippen LogP contribution in [0.5, 0.6) is 0 Å². The standard InChI is InChI=1S/C12H18N2O/c1-3-10-4-7-12(15,8-5-10)11-6-9-13-14(11)2/h4,6-7,9-10,15H,3,5,8H2,1-2H3. The molecule has 3 heteroatoms. The van der Waals surface area contributed by atoms with Crippen molar-refractivity contribution in [3.8, 4) is 0 Å². The summed E-state index contributed by atoms with van der Waals surface area (Å²) in [6.45, 7) is 2.18. The van der Waals surface area contributed by atoms with Crippen molar-refractivity contribution in [2.24, 2.45) is 13.0 Å². The molecule has 1 aliphatic carbocycles. The largest absolute Gasteiger partial charge is 0.379 e. The Morgan fingerprint density at radius 1 is 1.67 bits per heavy atom. The molecule has 0 bridgehead atoms. The lowest BCUT2D eigenvalue weighted by molar-refractivity contribution is 0.0577. The highest BCUT2D eigenvalue weighted by atomic mass is 16.3. The van der Waals surface area contributed by atoms with E-state index in [1.165, 1.54) is 0 Å². The fourth-order valence-corrected chi connectivity index (χ4v) is 2.23. The van der Waals surface area contributed by atoms with Crippen LogP contribution in [0.1, 0.15) is 31.9 Å². The van der Waals surface area contributed by atoms with Crippen LogP contribution < -0.4 is 0 Å². The summed E-state index contributed by atoms with van der Waals surface area (Å²) in [6, 6.07) is 1.89. The minimum absolute atomic E-state index is 0.624. The fourth-order valence-electron chi connectivity index (χ4n) is 2.23. The van der Waals surface area contributed by atoms with E-state index < -0.39 is 5.60 Å². The van der Waals surface area contributed by atoms with Gasteiger partial charge in [-0.25, -0.2) is 0 Å². The van der Waals surface area contributed by atoms with E-state index in [2.05, 4.69) is 18.1 Å². The molecule has 0 saturated carbocycles. The van der Waals surface area contributed by atoms with Gasteiger partial charge >= 0.3 is 0 Å². The zero-order chi connectivity index (χ0) is 10.9. The molecule has 1 aromatic heterocycles. The summed E-state index contributed by atoms with van der Waals surface area (Å²) in [5, 5.41) is 14.6. The van der Waals surface area contributed by atoms with Crippen molar-refractivity contribution in [1.82, 2.24) is 9.78 Å². The van der Waals surface area contributed by atoms with Crippen LogP contribution >= 0.6 is 0 Å². The van der Waals surface area contributed by atoms with Gasteiger partial charge in [-0.2, -0.15) is 5.10 Å². The average molecular weight is 206 g/mol. The molecule has 0 fully saturated rings. The van der Waals surface area contributed by atoms with E-state index in [1.807, 2.05) is 19.2 Å². The maximum atomic E-state index is 10.5. The highest BCUT2D eigenvalue weighted by molar-refractivity contribution is 5.22. The first kappa shape index (κ1) is 10.4. The smallest absolute Gasteiger partial charge is 0.124 e. The van der Waals surface area contributed by atoms with Gasteiger partial charge in [0.05, 0.1) is 5.69 Å². The maximum absolute atomic E-state index is 10.5. The molecule has 0 aliphatic heterocycles. The summed E-state index contributed by atoms with van der Waals surface area (Å²) in [7, 11) is 1.87. The number of rotatable bonds is 2. The van der Waals surface area contributed by atoms with Gasteiger partial charge in [0.25, 0.3) is 0 Å². The van der Waals surface area contributed by atoms with E-state index in [4.69, 9.17) is 0 Å². The molecule has 1 N–H and O–H groups in total. The summed E-state index contributed by atoms with van der Waals surface area (Å²) in [6.07, 6.45) is 8.79. The second-order valence-electron chi connectivity index (χ2n) is 4.33. The van der Waals surface area contributed by atoms with Crippen molar-refractivity contribution >= 4 is 0 Å². The third-order valence-electron chi connectivity index (χ3n) is 3.33. The summed E-state index contributed by atoms with van der Waals surface area (Å²) in [4.78, 5) is 0. The fraction of sp³-hybridized carbons (Fsp3) is 0.583. The highest BCUT2D eigenvalue weighted by Crippen LogP contribution is 2.34. The lowest BCUT2D eigenvalue weighted by atomic mass is 9.82. The number of hydrogen-bond donors (Lipinski definition) is 1. The highest BCUT2D eigenvalue weighted by Gasteiger charge is 2.32. The number of aryl methyl sites for hydroxylation is 1. The van der Waals surface area contributed by atoms with Crippen molar-refractivity contribution in [3.63, 3.8) is 0 Å². The van der Waals surface area contributed by atoms with Crippen LogP contribution in [0.3, 0.4) is 0 Å². The van der Waals surface area contributed by atoms with Crippen molar-refractivity contribution in [1.29, 1.82) is 0 Å². The summed E-state index contributed by atoms with van der Waals surface area (Å²) in [5.41, 5.74) is 0.0741. The van der Waals surface area contributed by atoms with Crippen molar-refractivity contribution in [2.45, 2.75) is 31.8 Å². The number of allylic oxidation sites excluding steroid dienone is 1. The Bertz CT molecular complexity index is 369.